The normalized spacial score (nSPS) is 2.57. The minimum absolute atomic E-state index is 0. The van der Waals surface area contributed by atoms with Crippen molar-refractivity contribution in [3.05, 3.63) is 13.8 Å². The van der Waals surface area contributed by atoms with Gasteiger partial charge in [0.15, 0.2) is 0 Å². The predicted molar refractivity (Wildman–Crippen MR) is 35.5 cm³/mol. The molecule has 0 saturated heterocycles. The van der Waals surface area contributed by atoms with Gasteiger partial charge >= 0.3 is 0 Å². The monoisotopic (exact) mass is 179 g/mol. The van der Waals surface area contributed by atoms with E-state index in [0.29, 0.717) is 0 Å². The molecule has 0 aromatic heterocycles. The molecule has 0 atom stereocenters. The molecule has 0 aliphatic rings. The summed E-state index contributed by atoms with van der Waals surface area (Å²) < 4.78 is 0. The van der Waals surface area contributed by atoms with Crippen LogP contribution in [0.2, 0.25) is 0 Å². The summed E-state index contributed by atoms with van der Waals surface area (Å²) in [5.41, 5.74) is 0. The van der Waals surface area contributed by atoms with E-state index in [4.69, 9.17) is 0 Å². The van der Waals surface area contributed by atoms with Gasteiger partial charge in [-0.2, -0.15) is 13.8 Å². The molecule has 1 radical (unpaired) electrons. The first kappa shape index (κ1) is 42.4. The largest absolute Gasteiger partial charge is 0.358 e. The van der Waals surface area contributed by atoms with Gasteiger partial charge in [-0.1, -0.05) is 14.9 Å². The molecule has 1 heteroatoms. The Balaban J connectivity index is -0.00000000333. The van der Waals surface area contributed by atoms with Gasteiger partial charge < -0.3 is 13.8 Å². The van der Waals surface area contributed by atoms with Gasteiger partial charge in [0.1, 0.15) is 0 Å². The van der Waals surface area contributed by atoms with Crippen molar-refractivity contribution in [2.24, 2.45) is 0 Å². The Hall–Kier alpha value is 1.10. The van der Waals surface area contributed by atoms with Crippen LogP contribution in [0.1, 0.15) is 28.7 Å². The van der Waals surface area contributed by atoms with E-state index in [1.54, 1.807) is 0 Å². The molecule has 7 heavy (non-hydrogen) atoms. The van der Waals surface area contributed by atoms with Crippen LogP contribution in [0.3, 0.4) is 0 Å². The fourth-order valence-electron chi connectivity index (χ4n) is 0. The molecule has 0 aromatic carbocycles. The number of rotatable bonds is 0. The van der Waals surface area contributed by atoms with Gasteiger partial charge in [0, 0.05) is 32.7 Å². The fraction of sp³-hybridized carbons (Fsp3) is 0.667. The van der Waals surface area contributed by atoms with Crippen molar-refractivity contribution < 1.29 is 32.7 Å². The molecule has 0 aromatic rings. The smallest absolute Gasteiger partial charge is 0 e. The van der Waals surface area contributed by atoms with Crippen LogP contribution in [0.4, 0.5) is 0 Å². The molecule has 0 nitrogen and oxygen atoms in total. The molecule has 0 aliphatic heterocycles. The molecule has 0 aliphatic carbocycles. The van der Waals surface area contributed by atoms with E-state index >= 15 is 0 Å². The van der Waals surface area contributed by atoms with E-state index in [9.17, 15) is 0 Å². The Morgan fingerprint density at radius 2 is 1.00 bits per heavy atom. The fourth-order valence-corrected chi connectivity index (χ4v) is 0. The first-order valence-corrected chi connectivity index (χ1v) is 1.15. The summed E-state index contributed by atoms with van der Waals surface area (Å²) in [6.45, 7) is 4.00. The molecule has 0 rings (SSSR count). The predicted octanol–water partition coefficient (Wildman–Crippen LogP) is 2.95. The number of hydrogen-bond donors (Lipinski definition) is 0. The first-order valence-electron chi connectivity index (χ1n) is 1.15. The third-order valence-corrected chi connectivity index (χ3v) is 0. The molecule has 0 heterocycles. The average Bonchev–Trinajstić information content (AvgIpc) is 0.918. The van der Waals surface area contributed by atoms with Crippen molar-refractivity contribution >= 4 is 0 Å². The zero-order valence-corrected chi connectivity index (χ0v) is 6.99. The van der Waals surface area contributed by atoms with Crippen LogP contribution in [0, 0.1) is 13.8 Å². The van der Waals surface area contributed by atoms with Gasteiger partial charge in [-0.05, 0) is 0 Å². The Kier molecular flexibility index (Phi) is 363. The molecule has 0 unspecified atom stereocenters. The van der Waals surface area contributed by atoms with E-state index < -0.39 is 0 Å². The molecule has 0 N–H and O–H groups in total. The topological polar surface area (TPSA) is 0 Å². The van der Waals surface area contributed by atoms with Gasteiger partial charge in [-0.3, -0.25) is 0 Å². The van der Waals surface area contributed by atoms with E-state index in [1.165, 1.54) is 0 Å². The molecular formula is C6H18Y-2. The summed E-state index contributed by atoms with van der Waals surface area (Å²) in [6, 6.07) is 0. The quantitative estimate of drug-likeness (QED) is 0.501. The summed E-state index contributed by atoms with van der Waals surface area (Å²) in [4.78, 5) is 0. The minimum Gasteiger partial charge on any atom is -0.358 e. The molecule has 47 valence electrons. The van der Waals surface area contributed by atoms with Crippen LogP contribution >= 0.6 is 0 Å². The second-order valence-corrected chi connectivity index (χ2v) is 0.577. The molecule has 0 saturated carbocycles. The molecule has 0 spiro atoms. The van der Waals surface area contributed by atoms with E-state index in [0.717, 1.165) is 0 Å². The van der Waals surface area contributed by atoms with Gasteiger partial charge in [-0.15, -0.1) is 0 Å². The zero-order valence-electron chi connectivity index (χ0n) is 4.15. The maximum atomic E-state index is 2.00. The van der Waals surface area contributed by atoms with Crippen molar-refractivity contribution in [3.8, 4) is 0 Å². The van der Waals surface area contributed by atoms with E-state index in [1.807, 2.05) is 20.3 Å². The summed E-state index contributed by atoms with van der Waals surface area (Å²) in [7, 11) is 0. The third kappa shape index (κ3) is 152. The Morgan fingerprint density at radius 3 is 1.00 bits per heavy atom. The summed E-state index contributed by atoms with van der Waals surface area (Å²) >= 11 is 0. The van der Waals surface area contributed by atoms with Crippen molar-refractivity contribution in [1.29, 1.82) is 0 Å². The van der Waals surface area contributed by atoms with Crippen LogP contribution < -0.4 is 0 Å². The third-order valence-electron chi connectivity index (χ3n) is 0. The minimum atomic E-state index is 0. The van der Waals surface area contributed by atoms with Gasteiger partial charge in [-0.25, -0.2) is 0 Å². The summed E-state index contributed by atoms with van der Waals surface area (Å²) in [5.74, 6) is 0. The Bertz CT molecular complexity index is 4.14. The zero-order chi connectivity index (χ0) is 2.71. The summed E-state index contributed by atoms with van der Waals surface area (Å²) in [6.07, 6.45) is 2.00. The maximum Gasteiger partial charge on any atom is 0 e. The van der Waals surface area contributed by atoms with Crippen molar-refractivity contribution in [3.63, 3.8) is 0 Å². The van der Waals surface area contributed by atoms with Crippen LogP contribution in [0.15, 0.2) is 0 Å². The van der Waals surface area contributed by atoms with E-state index in [2.05, 4.69) is 0 Å². The Morgan fingerprint density at radius 1 is 1.00 bits per heavy atom. The average molecular weight is 179 g/mol. The first-order chi connectivity index (χ1) is 1.41. The van der Waals surface area contributed by atoms with Crippen LogP contribution in [0.5, 0.6) is 0 Å². The van der Waals surface area contributed by atoms with E-state index in [-0.39, 0.29) is 55.0 Å². The van der Waals surface area contributed by atoms with Crippen molar-refractivity contribution in [1.82, 2.24) is 0 Å². The second-order valence-electron chi connectivity index (χ2n) is 0.577. The van der Waals surface area contributed by atoms with Gasteiger partial charge in [0.25, 0.3) is 0 Å². The van der Waals surface area contributed by atoms with Crippen LogP contribution in [-0.4, -0.2) is 0 Å². The maximum absolute atomic E-state index is 2.00. The SMILES string of the molecule is C.C.C[CH-]C.[CH3-].[Y]. The van der Waals surface area contributed by atoms with Crippen LogP contribution in [-0.2, 0) is 32.7 Å². The molecule has 0 bridgehead atoms. The van der Waals surface area contributed by atoms with Crippen molar-refractivity contribution in [2.75, 3.05) is 0 Å². The van der Waals surface area contributed by atoms with Gasteiger partial charge in [0.05, 0.1) is 0 Å². The molecule has 0 amide bonds. The van der Waals surface area contributed by atoms with Gasteiger partial charge in [0.2, 0.25) is 0 Å². The second kappa shape index (κ2) is 59.8. The standard InChI is InChI=1S/C3H7.2CH4.CH3.Y/c1-3-2;;;;/h3H,1-2H3;2*1H4;1H3;/q-1;;;-1;. The summed E-state index contributed by atoms with van der Waals surface area (Å²) in [5, 5.41) is 0. The molecular weight excluding hydrogens is 161 g/mol. The van der Waals surface area contributed by atoms with Crippen LogP contribution in [0.25, 0.3) is 0 Å². The van der Waals surface area contributed by atoms with Crippen molar-refractivity contribution in [2.45, 2.75) is 28.7 Å². The Labute approximate surface area is 75.0 Å². The molecule has 0 fully saturated rings. The number of hydrogen-bond acceptors (Lipinski definition) is 0.